The summed E-state index contributed by atoms with van der Waals surface area (Å²) >= 11 is 8.10. The number of aromatic amines is 2. The van der Waals surface area contributed by atoms with E-state index < -0.39 is 71.2 Å². The number of fused-ring (bicyclic) bond motifs is 5. The predicted octanol–water partition coefficient (Wildman–Crippen LogP) is 10.5. The van der Waals surface area contributed by atoms with Gasteiger partial charge in [-0.2, -0.15) is 0 Å². The van der Waals surface area contributed by atoms with Gasteiger partial charge in [0.25, 0.3) is 29.5 Å². The van der Waals surface area contributed by atoms with E-state index in [4.69, 9.17) is 31.5 Å². The second-order valence-corrected chi connectivity index (χ2v) is 28.4. The van der Waals surface area contributed by atoms with Gasteiger partial charge >= 0.3 is 24.2 Å². The van der Waals surface area contributed by atoms with Crippen molar-refractivity contribution in [2.75, 3.05) is 94.1 Å². The van der Waals surface area contributed by atoms with Crippen LogP contribution in [0.1, 0.15) is 123 Å². The number of benzene rings is 4. The Morgan fingerprint density at radius 2 is 1.50 bits per heavy atom. The molecule has 3 aromatic heterocycles. The van der Waals surface area contributed by atoms with Gasteiger partial charge < -0.3 is 65.7 Å². The number of thiophene rings is 1. The van der Waals surface area contributed by atoms with Gasteiger partial charge in [0, 0.05) is 134 Å². The molecule has 3 aliphatic rings. The number of unbranched alkanes of at least 4 members (excludes halogenated alkanes) is 2. The summed E-state index contributed by atoms with van der Waals surface area (Å²) in [4.78, 5) is 148. The summed E-state index contributed by atoms with van der Waals surface area (Å²) in [7, 11) is 3.16. The van der Waals surface area contributed by atoms with Gasteiger partial charge in [-0.05, 0) is 147 Å². The van der Waals surface area contributed by atoms with E-state index in [0.29, 0.717) is 69.8 Å². The molecule has 0 radical (unpaired) electrons. The Labute approximate surface area is 593 Å². The number of aromatic nitrogens is 2. The number of aliphatic carboxylic acids is 1. The molecular formula is C73H87ClN12O14S. The Balaban J connectivity index is 0.747. The molecule has 6 heterocycles. The Hall–Kier alpha value is -9.99. The molecule has 10 rings (SSSR count). The van der Waals surface area contributed by atoms with Crippen LogP contribution in [0, 0.1) is 18.3 Å². The Bertz CT molecular complexity index is 4290. The monoisotopic (exact) mass is 1420 g/mol. The van der Waals surface area contributed by atoms with Gasteiger partial charge in [-0.3, -0.25) is 43.5 Å². The molecular weight excluding hydrogens is 1340 g/mol. The third kappa shape index (κ3) is 18.0. The van der Waals surface area contributed by atoms with Crippen molar-refractivity contribution in [1.82, 2.24) is 40.2 Å². The number of hydrogen-bond donors (Lipinski definition) is 7. The Morgan fingerprint density at radius 3 is 2.18 bits per heavy atom. The SMILES string of the molecule is Cc1csc2c(OC(=O)N(C)CC(C)(C)CN(C)C(=O)OCc3ccc(N(C(=O)[C@@H](NC(=O)CCCCCN4C(=O)C=CC4=O)C(C)C)[C@@H](CCCNC(N)=O)C(=O)O)cc3)cc3c(c12)[C@H](CCl)CN3C(=O)c1cc2cc(NC(=O)c3cc4cc(OCCN5CCCC5)ccc4[nH]3)ccc2[nH]1. The largest absolute Gasteiger partial charge is 0.492 e. The van der Waals surface area contributed by atoms with Gasteiger partial charge in [0.15, 0.2) is 5.75 Å². The van der Waals surface area contributed by atoms with Crippen LogP contribution in [0.25, 0.3) is 31.9 Å². The number of H-pyrrole nitrogens is 2. The van der Waals surface area contributed by atoms with Crippen LogP contribution in [-0.2, 0) is 35.3 Å². The van der Waals surface area contributed by atoms with Gasteiger partial charge in [0.2, 0.25) is 5.91 Å². The first-order chi connectivity index (χ1) is 48.3. The van der Waals surface area contributed by atoms with E-state index >= 15 is 0 Å². The number of primary amides is 1. The fourth-order valence-electron chi connectivity index (χ4n) is 13.4. The highest BCUT2D eigenvalue weighted by molar-refractivity contribution is 7.17. The lowest BCUT2D eigenvalue weighted by atomic mass is 9.92. The fraction of sp³-hybridized carbons (Fsp3) is 0.425. The number of urea groups is 1. The smallest absolute Gasteiger partial charge is 0.415 e. The van der Waals surface area contributed by atoms with Gasteiger partial charge in [-0.1, -0.05) is 46.2 Å². The van der Waals surface area contributed by atoms with Gasteiger partial charge in [0.05, 0.1) is 10.4 Å². The molecule has 1 fully saturated rings. The number of carboxylic acid groups (broad SMARTS) is 1. The maximum Gasteiger partial charge on any atom is 0.415 e. The maximum atomic E-state index is 14.7. The highest BCUT2D eigenvalue weighted by Crippen LogP contribution is 2.49. The highest BCUT2D eigenvalue weighted by atomic mass is 35.5. The number of nitrogens with one attached hydrogen (secondary N) is 5. The normalized spacial score (nSPS) is 15.1. The minimum atomic E-state index is -1.45. The zero-order valence-corrected chi connectivity index (χ0v) is 59.4. The van der Waals surface area contributed by atoms with E-state index in [1.165, 1.54) is 58.3 Å². The number of nitrogens with two attached hydrogens (primary N) is 1. The second kappa shape index (κ2) is 32.6. The molecule has 8 N–H and O–H groups in total. The highest BCUT2D eigenvalue weighted by Gasteiger charge is 2.40. The quantitative estimate of drug-likeness (QED) is 0.0121. The molecule has 536 valence electrons. The molecule has 3 atom stereocenters. The number of anilines is 3. The van der Waals surface area contributed by atoms with Crippen LogP contribution in [0.15, 0.2) is 96.4 Å². The van der Waals surface area contributed by atoms with Gasteiger partial charge in [-0.15, -0.1) is 22.9 Å². The van der Waals surface area contributed by atoms with Crippen molar-refractivity contribution in [3.63, 3.8) is 0 Å². The molecule has 0 unspecified atom stereocenters. The second-order valence-electron chi connectivity index (χ2n) is 27.2. The lowest BCUT2D eigenvalue weighted by molar-refractivity contribution is -0.141. The number of aryl methyl sites for hydroxylation is 1. The van der Waals surface area contributed by atoms with Gasteiger partial charge in [0.1, 0.15) is 42.4 Å². The van der Waals surface area contributed by atoms with E-state index in [1.807, 2.05) is 44.4 Å². The predicted molar refractivity (Wildman–Crippen MR) is 386 cm³/mol. The molecule has 26 nitrogen and oxygen atoms in total. The van der Waals surface area contributed by atoms with Crippen LogP contribution >= 0.6 is 22.9 Å². The molecule has 10 amide bonds. The van der Waals surface area contributed by atoms with E-state index in [9.17, 15) is 53.1 Å². The minimum Gasteiger partial charge on any atom is -0.492 e. The Kier molecular flexibility index (Phi) is 23.8. The average molecular weight is 1420 g/mol. The number of ether oxygens (including phenoxy) is 3. The van der Waals surface area contributed by atoms with E-state index in [0.717, 1.165) is 62.6 Å². The minimum absolute atomic E-state index is 0.0257. The first kappa shape index (κ1) is 73.7. The van der Waals surface area contributed by atoms with Crippen LogP contribution in [0.4, 0.5) is 31.4 Å². The van der Waals surface area contributed by atoms with E-state index in [2.05, 4.69) is 30.8 Å². The average Bonchev–Trinajstić information content (AvgIpc) is 1.59. The number of carbonyl (C=O) groups excluding carboxylic acids is 9. The molecule has 3 aliphatic heterocycles. The molecule has 0 spiro atoms. The maximum absolute atomic E-state index is 14.7. The van der Waals surface area contributed by atoms with Crippen molar-refractivity contribution < 1.29 is 67.3 Å². The number of imide groups is 1. The molecule has 4 aromatic carbocycles. The topological polar surface area (TPSA) is 332 Å². The summed E-state index contributed by atoms with van der Waals surface area (Å²) < 4.78 is 18.7. The van der Waals surface area contributed by atoms with Crippen LogP contribution < -0.4 is 41.0 Å². The van der Waals surface area contributed by atoms with Crippen LogP contribution in [0.3, 0.4) is 0 Å². The van der Waals surface area contributed by atoms with E-state index in [1.54, 1.807) is 81.4 Å². The van der Waals surface area contributed by atoms with Crippen molar-refractivity contribution >= 4 is 132 Å². The number of likely N-dealkylation sites (tertiary alicyclic amines) is 1. The third-order valence-corrected chi connectivity index (χ3v) is 19.8. The molecule has 7 aromatic rings. The molecule has 1 saturated heterocycles. The number of amides is 10. The number of hydrogen-bond acceptors (Lipinski definition) is 15. The van der Waals surface area contributed by atoms with Crippen molar-refractivity contribution in [3.05, 3.63) is 124 Å². The van der Waals surface area contributed by atoms with Crippen molar-refractivity contribution in [1.29, 1.82) is 0 Å². The number of nitrogens with zero attached hydrogens (tertiary/aromatic N) is 6. The lowest BCUT2D eigenvalue weighted by Crippen LogP contribution is -2.56. The first-order valence-electron chi connectivity index (χ1n) is 33.9. The van der Waals surface area contributed by atoms with E-state index in [-0.39, 0.29) is 93.6 Å². The molecule has 0 saturated carbocycles. The zero-order chi connectivity index (χ0) is 72.4. The van der Waals surface area contributed by atoms with Gasteiger partial charge in [-0.25, -0.2) is 19.2 Å². The summed E-state index contributed by atoms with van der Waals surface area (Å²) in [6.07, 6.45) is 4.93. The first-order valence-corrected chi connectivity index (χ1v) is 35.3. The molecule has 0 aliphatic carbocycles. The van der Waals surface area contributed by atoms with Crippen molar-refractivity contribution in [2.45, 2.75) is 111 Å². The van der Waals surface area contributed by atoms with Crippen LogP contribution in [0.5, 0.6) is 11.5 Å². The summed E-state index contributed by atoms with van der Waals surface area (Å²) in [6.45, 7) is 13.4. The van der Waals surface area contributed by atoms with Crippen LogP contribution in [-0.4, -0.2) is 185 Å². The lowest BCUT2D eigenvalue weighted by Gasteiger charge is -2.34. The number of carbonyl (C=O) groups is 10. The summed E-state index contributed by atoms with van der Waals surface area (Å²) in [5, 5.41) is 23.2. The van der Waals surface area contributed by atoms with Crippen molar-refractivity contribution in [3.8, 4) is 11.5 Å². The molecule has 28 heteroatoms. The summed E-state index contributed by atoms with van der Waals surface area (Å²) in [6, 6.07) is 19.1. The number of halogens is 1. The Morgan fingerprint density at radius 1 is 0.822 bits per heavy atom. The molecule has 101 heavy (non-hydrogen) atoms. The number of alkyl halides is 1. The summed E-state index contributed by atoms with van der Waals surface area (Å²) in [5.41, 5.74) is 10.3. The standard InChI is InChI=1S/C73H87ClN12O14S/c1-43(2)64(80-59(87)15-9-8-10-29-84-60(88)24-25-61(84)89)68(92)86(56(69(93)94)14-13-26-76-70(75)95)50-19-16-45(17-20-50)39-99-71(96)81(6)41-73(4,5)42-82(7)72(97)100-58-36-57-63(62-44(3)40-101-65(58)62)48(37-74)38-85(57)67(91)55-35-46-32-49(18-22-52(46)79-55)77-66(90)54-34-47-33-51(21-23-53(47)78-54)98-31-30-83-27-11-12-28-83/h16-25,32-36,40,43,48,56,64,78-79H,8-15,26-31,37-39,41-42H2,1-7H3,(H,77,90)(H,80,87)(H,93,94)(H3,75,76,95)/t48-,56+,64+/m1/s1. The number of rotatable bonds is 31. The summed E-state index contributed by atoms with van der Waals surface area (Å²) in [5.74, 6) is -3.44. The molecule has 0 bridgehead atoms. The third-order valence-electron chi connectivity index (χ3n) is 18.3. The number of carboxylic acids is 1. The fourth-order valence-corrected chi connectivity index (χ4v) is 14.6. The van der Waals surface area contributed by atoms with Crippen LogP contribution in [0.2, 0.25) is 0 Å². The van der Waals surface area contributed by atoms with Crippen molar-refractivity contribution in [2.24, 2.45) is 17.1 Å². The zero-order valence-electron chi connectivity index (χ0n) is 57.8.